The summed E-state index contributed by atoms with van der Waals surface area (Å²) in [5, 5.41) is 84.2. The number of hydrogen-bond acceptors (Lipinski definition) is 17. The number of hydrogen-bond donors (Lipinski definition) is 11. The zero-order valence-corrected chi connectivity index (χ0v) is 32.6. The first kappa shape index (κ1) is 49.8. The minimum atomic E-state index is -1.25. The number of nitrogens with zero attached hydrogens (tertiary/aromatic N) is 4. The van der Waals surface area contributed by atoms with Crippen LogP contribution in [-0.2, 0) is 46.6 Å². The Morgan fingerprint density at radius 3 is 1.29 bits per heavy atom. The SMILES string of the molecule is COC(=O)C(CCC(=O)NCC(O)CO)N1CCN(C(CCC(=O)NCC(O)CO)C(=O)O)Cc2cccc(n2)CN(C(CCC(=O)NCC(O)CO)C(=O)O)CC1. The molecule has 6 unspecified atom stereocenters. The Kier molecular flexibility index (Phi) is 22.8. The number of esters is 1. The van der Waals surface area contributed by atoms with Crippen molar-refractivity contribution in [3.8, 4) is 0 Å². The highest BCUT2D eigenvalue weighted by Crippen LogP contribution is 2.19. The summed E-state index contributed by atoms with van der Waals surface area (Å²) in [6, 6.07) is 1.36. The van der Waals surface area contributed by atoms with E-state index in [1.165, 1.54) is 0 Å². The smallest absolute Gasteiger partial charge is 0.323 e. The Hall–Kier alpha value is -4.39. The number of aromatic nitrogens is 1. The Labute approximate surface area is 335 Å². The van der Waals surface area contributed by atoms with Crippen molar-refractivity contribution in [2.75, 3.05) is 72.7 Å². The van der Waals surface area contributed by atoms with Crippen LogP contribution >= 0.6 is 0 Å². The molecule has 0 aromatic carbocycles. The lowest BCUT2D eigenvalue weighted by Gasteiger charge is -2.37. The summed E-state index contributed by atoms with van der Waals surface area (Å²) in [4.78, 5) is 86.1. The van der Waals surface area contributed by atoms with Crippen molar-refractivity contribution in [1.29, 1.82) is 0 Å². The fraction of sp³-hybridized carbons (Fsp3) is 0.694. The van der Waals surface area contributed by atoms with E-state index >= 15 is 0 Å². The van der Waals surface area contributed by atoms with Gasteiger partial charge in [0.2, 0.25) is 17.7 Å². The zero-order valence-electron chi connectivity index (χ0n) is 32.6. The van der Waals surface area contributed by atoms with Gasteiger partial charge in [0.25, 0.3) is 0 Å². The van der Waals surface area contributed by atoms with Crippen LogP contribution in [0.15, 0.2) is 18.2 Å². The van der Waals surface area contributed by atoms with Crippen LogP contribution < -0.4 is 16.0 Å². The molecule has 58 heavy (non-hydrogen) atoms. The first-order chi connectivity index (χ1) is 27.6. The van der Waals surface area contributed by atoms with E-state index in [1.54, 1.807) is 32.9 Å². The maximum Gasteiger partial charge on any atom is 0.323 e. The van der Waals surface area contributed by atoms with Gasteiger partial charge in [-0.1, -0.05) is 6.07 Å². The Morgan fingerprint density at radius 2 is 0.966 bits per heavy atom. The Morgan fingerprint density at radius 1 is 0.621 bits per heavy atom. The van der Waals surface area contributed by atoms with Crippen molar-refractivity contribution < 1.29 is 74.4 Å². The first-order valence-corrected chi connectivity index (χ1v) is 19.0. The monoisotopic (exact) mass is 829 g/mol. The number of ether oxygens (including phenoxy) is 1. The molecule has 1 aliphatic heterocycles. The highest BCUT2D eigenvalue weighted by atomic mass is 16.5. The van der Waals surface area contributed by atoms with Gasteiger partial charge in [0.05, 0.1) is 56.6 Å². The second kappa shape index (κ2) is 26.6. The van der Waals surface area contributed by atoms with E-state index in [1.807, 2.05) is 0 Å². The number of aliphatic hydroxyl groups is 6. The number of rotatable bonds is 24. The minimum Gasteiger partial charge on any atom is -0.480 e. The normalized spacial score (nSPS) is 17.6. The summed E-state index contributed by atoms with van der Waals surface area (Å²) in [5.41, 5.74) is 0.817. The van der Waals surface area contributed by atoms with Crippen molar-refractivity contribution in [3.63, 3.8) is 0 Å². The van der Waals surface area contributed by atoms with Gasteiger partial charge in [0.1, 0.15) is 18.1 Å². The molecular weight excluding hydrogens is 770 g/mol. The van der Waals surface area contributed by atoms with Crippen LogP contribution in [-0.4, -0.2) is 205 Å². The van der Waals surface area contributed by atoms with E-state index in [9.17, 15) is 54.3 Å². The van der Waals surface area contributed by atoms with Crippen LogP contribution in [0.2, 0.25) is 0 Å². The number of nitrogens with one attached hydrogen (secondary N) is 3. The largest absolute Gasteiger partial charge is 0.480 e. The molecule has 0 aliphatic carbocycles. The quantitative estimate of drug-likeness (QED) is 0.0436. The highest BCUT2D eigenvalue weighted by Gasteiger charge is 2.34. The molecule has 0 saturated carbocycles. The Bertz CT molecular complexity index is 1400. The molecule has 0 fully saturated rings. The number of carboxylic acid groups (broad SMARTS) is 2. The van der Waals surface area contributed by atoms with Crippen LogP contribution in [0, 0.1) is 0 Å². The highest BCUT2D eigenvalue weighted by molar-refractivity contribution is 5.80. The van der Waals surface area contributed by atoms with E-state index in [0.717, 1.165) is 7.11 Å². The number of carbonyl (C=O) groups excluding carboxylic acids is 4. The fourth-order valence-electron chi connectivity index (χ4n) is 6.22. The molecule has 0 radical (unpaired) electrons. The number of aliphatic carboxylic acids is 2. The van der Waals surface area contributed by atoms with E-state index in [2.05, 4.69) is 20.9 Å². The first-order valence-electron chi connectivity index (χ1n) is 19.0. The average molecular weight is 830 g/mol. The van der Waals surface area contributed by atoms with Crippen LogP contribution in [0.1, 0.15) is 49.9 Å². The second-order valence-electron chi connectivity index (χ2n) is 13.9. The number of methoxy groups -OCH3 is 1. The lowest BCUT2D eigenvalue weighted by Crippen LogP contribution is -2.52. The summed E-state index contributed by atoms with van der Waals surface area (Å²) in [6.45, 7) is -2.68. The van der Waals surface area contributed by atoms with Gasteiger partial charge >= 0.3 is 17.9 Å². The molecule has 11 N–H and O–H groups in total. The lowest BCUT2D eigenvalue weighted by molar-refractivity contribution is -0.149. The van der Waals surface area contributed by atoms with Gasteiger partial charge in [-0.25, -0.2) is 0 Å². The molecule has 0 spiro atoms. The average Bonchev–Trinajstić information content (AvgIpc) is 3.20. The third-order valence-corrected chi connectivity index (χ3v) is 9.48. The number of carbonyl (C=O) groups is 6. The van der Waals surface area contributed by atoms with Gasteiger partial charge in [-0.3, -0.25) is 48.5 Å². The van der Waals surface area contributed by atoms with E-state index in [4.69, 9.17) is 20.1 Å². The van der Waals surface area contributed by atoms with Crippen molar-refractivity contribution in [3.05, 3.63) is 29.6 Å². The second-order valence-corrected chi connectivity index (χ2v) is 13.9. The maximum absolute atomic E-state index is 13.4. The van der Waals surface area contributed by atoms with Crippen molar-refractivity contribution in [1.82, 2.24) is 35.6 Å². The number of carboxylic acids is 2. The molecule has 2 bridgehead atoms. The number of pyridine rings is 1. The molecule has 1 aliphatic rings. The third kappa shape index (κ3) is 18.0. The van der Waals surface area contributed by atoms with E-state index in [-0.39, 0.29) is 97.4 Å². The summed E-state index contributed by atoms with van der Waals surface area (Å²) >= 11 is 0. The van der Waals surface area contributed by atoms with Crippen LogP contribution in [0.3, 0.4) is 0 Å². The standard InChI is InChI=1S/C36H59N7O15/c1-58-36(57)30(7-10-33(52)39-17-27(49)22-46)41-11-13-42(28(34(53)54)5-8-31(50)37-15-25(47)20-44)18-23-3-2-4-24(40-23)19-43(14-12-41)29(35(55)56)6-9-32(51)38-16-26(48)21-45/h2-4,25-30,44-49H,5-22H2,1H3,(H,37,50)(H,38,51)(H,39,52)(H,53,54)(H,55,56). The molecule has 0 saturated heterocycles. The van der Waals surface area contributed by atoms with Crippen molar-refractivity contribution in [2.24, 2.45) is 0 Å². The molecule has 22 heteroatoms. The molecule has 2 heterocycles. The molecule has 328 valence electrons. The van der Waals surface area contributed by atoms with E-state index < -0.39 is 91.9 Å². The lowest BCUT2D eigenvalue weighted by atomic mass is 10.1. The number of amides is 3. The molecule has 6 atom stereocenters. The van der Waals surface area contributed by atoms with Gasteiger partial charge in [-0.2, -0.15) is 0 Å². The van der Waals surface area contributed by atoms with Gasteiger partial charge in [-0.05, 0) is 31.4 Å². The molecule has 1 aromatic heterocycles. The van der Waals surface area contributed by atoms with Crippen molar-refractivity contribution in [2.45, 2.75) is 88.1 Å². The van der Waals surface area contributed by atoms with Crippen LogP contribution in [0.25, 0.3) is 0 Å². The Balaban J connectivity index is 2.53. The molecular formula is C36H59N7O15. The zero-order chi connectivity index (χ0) is 43.2. The van der Waals surface area contributed by atoms with Gasteiger partial charge in [-0.15, -0.1) is 0 Å². The van der Waals surface area contributed by atoms with Crippen LogP contribution in [0.5, 0.6) is 0 Å². The van der Waals surface area contributed by atoms with Gasteiger partial charge < -0.3 is 61.5 Å². The van der Waals surface area contributed by atoms with Gasteiger partial charge in [0, 0.05) is 78.2 Å². The van der Waals surface area contributed by atoms with Crippen LogP contribution in [0.4, 0.5) is 0 Å². The molecule has 22 nitrogen and oxygen atoms in total. The van der Waals surface area contributed by atoms with Gasteiger partial charge in [0.15, 0.2) is 0 Å². The summed E-state index contributed by atoms with van der Waals surface area (Å²) in [6.07, 6.45) is -4.78. The summed E-state index contributed by atoms with van der Waals surface area (Å²) in [7, 11) is 1.15. The third-order valence-electron chi connectivity index (χ3n) is 9.48. The fourth-order valence-corrected chi connectivity index (χ4v) is 6.22. The summed E-state index contributed by atoms with van der Waals surface area (Å²) in [5.74, 6) is -4.91. The minimum absolute atomic E-state index is 0.0237. The maximum atomic E-state index is 13.4. The predicted molar refractivity (Wildman–Crippen MR) is 201 cm³/mol. The molecule has 1 aromatic rings. The predicted octanol–water partition coefficient (Wildman–Crippen LogP) is -4.80. The molecule has 2 rings (SSSR count). The number of fused-ring (bicyclic) bond motifs is 2. The van der Waals surface area contributed by atoms with E-state index in [0.29, 0.717) is 11.4 Å². The number of aliphatic hydroxyl groups excluding tert-OH is 6. The summed E-state index contributed by atoms with van der Waals surface area (Å²) < 4.78 is 5.10. The van der Waals surface area contributed by atoms with Crippen molar-refractivity contribution >= 4 is 35.6 Å². The molecule has 3 amide bonds. The topological polar surface area (TPSA) is 332 Å².